The lowest BCUT2D eigenvalue weighted by Gasteiger charge is -2.26. The van der Waals surface area contributed by atoms with Gasteiger partial charge in [0.2, 0.25) is 0 Å². The summed E-state index contributed by atoms with van der Waals surface area (Å²) in [5, 5.41) is 7.13. The molecule has 1 aliphatic heterocycles. The number of nitrogens with two attached hydrogens (primary N) is 1. The number of benzene rings is 1. The fraction of sp³-hybridized carbons (Fsp3) is 0.462. The summed E-state index contributed by atoms with van der Waals surface area (Å²) in [6, 6.07) is 7.26. The second kappa shape index (κ2) is 5.70. The van der Waals surface area contributed by atoms with Crippen LogP contribution in [0.25, 0.3) is 0 Å². The highest BCUT2D eigenvalue weighted by Gasteiger charge is 2.42. The molecule has 7 heteroatoms. The summed E-state index contributed by atoms with van der Waals surface area (Å²) < 4.78 is 44.0. The fourth-order valence-corrected chi connectivity index (χ4v) is 2.17. The Bertz CT molecular complexity index is 490. The van der Waals surface area contributed by atoms with E-state index in [0.717, 1.165) is 5.56 Å². The number of nitrogens with one attached hydrogen (secondary N) is 1. The zero-order valence-corrected chi connectivity index (χ0v) is 10.8. The summed E-state index contributed by atoms with van der Waals surface area (Å²) in [6.45, 7) is 0.723. The first-order valence-corrected chi connectivity index (χ1v) is 6.21. The van der Waals surface area contributed by atoms with E-state index in [9.17, 15) is 13.2 Å². The van der Waals surface area contributed by atoms with Crippen LogP contribution < -0.4 is 10.5 Å². The molecule has 0 amide bonds. The monoisotopic (exact) mass is 287 g/mol. The Morgan fingerprint density at radius 3 is 2.75 bits per heavy atom. The van der Waals surface area contributed by atoms with Crippen LogP contribution in [0.2, 0.25) is 0 Å². The molecule has 1 heterocycles. The predicted molar refractivity (Wildman–Crippen MR) is 68.7 cm³/mol. The molecule has 0 aliphatic carbocycles. The highest BCUT2D eigenvalue weighted by Crippen LogP contribution is 2.29. The quantitative estimate of drug-likeness (QED) is 0.660. The zero-order valence-electron chi connectivity index (χ0n) is 10.8. The Kier molecular flexibility index (Phi) is 4.17. The van der Waals surface area contributed by atoms with Crippen molar-refractivity contribution in [2.24, 2.45) is 11.7 Å². The number of alkyl halides is 3. The standard InChI is InChI=1S/C13H16F3N3O/c14-13(15,16)10(12(17)18)8-19-5-6-20-11-4-2-1-3-9(11)7-19/h1-4,10H,5-8H2,(H3,17,18). The average molecular weight is 287 g/mol. The van der Waals surface area contributed by atoms with Crippen molar-refractivity contribution >= 4 is 5.84 Å². The lowest BCUT2D eigenvalue weighted by molar-refractivity contribution is -0.160. The maximum atomic E-state index is 12.8. The molecule has 0 saturated carbocycles. The molecule has 3 N–H and O–H groups in total. The molecule has 1 atom stereocenters. The second-order valence-electron chi connectivity index (χ2n) is 4.74. The van der Waals surface area contributed by atoms with Crippen molar-refractivity contribution in [2.75, 3.05) is 19.7 Å². The molecule has 1 unspecified atom stereocenters. The van der Waals surface area contributed by atoms with Gasteiger partial charge in [0.05, 0.1) is 0 Å². The van der Waals surface area contributed by atoms with Gasteiger partial charge in [0.1, 0.15) is 24.1 Å². The van der Waals surface area contributed by atoms with Crippen molar-refractivity contribution < 1.29 is 17.9 Å². The molecule has 1 aromatic rings. The van der Waals surface area contributed by atoms with Crippen molar-refractivity contribution in [3.05, 3.63) is 29.8 Å². The Hall–Kier alpha value is -1.76. The van der Waals surface area contributed by atoms with Crippen LogP contribution in [0.1, 0.15) is 5.56 Å². The van der Waals surface area contributed by atoms with E-state index >= 15 is 0 Å². The number of amidine groups is 1. The lowest BCUT2D eigenvalue weighted by Crippen LogP contribution is -2.44. The van der Waals surface area contributed by atoms with Gasteiger partial charge in [-0.2, -0.15) is 13.2 Å². The summed E-state index contributed by atoms with van der Waals surface area (Å²) in [5.41, 5.74) is 5.92. The molecule has 1 aliphatic rings. The molecule has 4 nitrogen and oxygen atoms in total. The average Bonchev–Trinajstić information content (AvgIpc) is 2.55. The number of fused-ring (bicyclic) bond motifs is 1. The van der Waals surface area contributed by atoms with Crippen LogP contribution in [0.15, 0.2) is 24.3 Å². The summed E-state index contributed by atoms with van der Waals surface area (Å²) in [6.07, 6.45) is -4.50. The zero-order chi connectivity index (χ0) is 14.8. The van der Waals surface area contributed by atoms with E-state index in [1.807, 2.05) is 18.2 Å². The van der Waals surface area contributed by atoms with Crippen molar-refractivity contribution in [2.45, 2.75) is 12.7 Å². The third kappa shape index (κ3) is 3.41. The molecule has 0 aromatic heterocycles. The lowest BCUT2D eigenvalue weighted by atomic mass is 10.1. The van der Waals surface area contributed by atoms with Gasteiger partial charge >= 0.3 is 6.18 Å². The number of hydrogen-bond acceptors (Lipinski definition) is 3. The molecule has 2 rings (SSSR count). The topological polar surface area (TPSA) is 62.3 Å². The minimum Gasteiger partial charge on any atom is -0.492 e. The highest BCUT2D eigenvalue weighted by atomic mass is 19.4. The van der Waals surface area contributed by atoms with Gasteiger partial charge in [0.15, 0.2) is 0 Å². The van der Waals surface area contributed by atoms with Gasteiger partial charge in [-0.05, 0) is 6.07 Å². The van der Waals surface area contributed by atoms with Crippen molar-refractivity contribution in [3.63, 3.8) is 0 Å². The van der Waals surface area contributed by atoms with Crippen LogP contribution >= 0.6 is 0 Å². The van der Waals surface area contributed by atoms with Gasteiger partial charge in [-0.3, -0.25) is 10.3 Å². The summed E-state index contributed by atoms with van der Waals surface area (Å²) in [5.74, 6) is -2.09. The predicted octanol–water partition coefficient (Wildman–Crippen LogP) is 2.00. The molecule has 20 heavy (non-hydrogen) atoms. The van der Waals surface area contributed by atoms with Gasteiger partial charge in [0.25, 0.3) is 0 Å². The third-order valence-electron chi connectivity index (χ3n) is 3.24. The van der Waals surface area contributed by atoms with Gasteiger partial charge in [-0.25, -0.2) is 0 Å². The molecular formula is C13H16F3N3O. The number of halogens is 3. The van der Waals surface area contributed by atoms with E-state index in [4.69, 9.17) is 15.9 Å². The first-order valence-electron chi connectivity index (χ1n) is 6.21. The number of para-hydroxylation sites is 1. The maximum absolute atomic E-state index is 12.8. The molecule has 0 saturated heterocycles. The molecule has 0 bridgehead atoms. The summed E-state index contributed by atoms with van der Waals surface area (Å²) in [7, 11) is 0. The Balaban J connectivity index is 2.12. The van der Waals surface area contributed by atoms with Crippen LogP contribution in [0.3, 0.4) is 0 Å². The largest absolute Gasteiger partial charge is 0.492 e. The smallest absolute Gasteiger partial charge is 0.399 e. The normalized spacial score (nSPS) is 17.8. The van der Waals surface area contributed by atoms with Crippen molar-refractivity contribution in [3.8, 4) is 5.75 Å². The van der Waals surface area contributed by atoms with Crippen molar-refractivity contribution in [1.82, 2.24) is 4.90 Å². The maximum Gasteiger partial charge on any atom is 0.399 e. The number of ether oxygens (including phenoxy) is 1. The molecule has 0 spiro atoms. The molecular weight excluding hydrogens is 271 g/mol. The van der Waals surface area contributed by atoms with Crippen molar-refractivity contribution in [1.29, 1.82) is 5.41 Å². The van der Waals surface area contributed by atoms with Crippen LogP contribution in [-0.2, 0) is 6.54 Å². The number of rotatable bonds is 3. The van der Waals surface area contributed by atoms with Crippen LogP contribution in [0.4, 0.5) is 13.2 Å². The Morgan fingerprint density at radius 2 is 2.10 bits per heavy atom. The van der Waals surface area contributed by atoms with E-state index in [1.165, 1.54) is 0 Å². The van der Waals surface area contributed by atoms with Crippen LogP contribution in [-0.4, -0.2) is 36.6 Å². The molecule has 0 fully saturated rings. The summed E-state index contributed by atoms with van der Waals surface area (Å²) >= 11 is 0. The Morgan fingerprint density at radius 1 is 1.40 bits per heavy atom. The van der Waals surface area contributed by atoms with E-state index in [2.05, 4.69) is 0 Å². The third-order valence-corrected chi connectivity index (χ3v) is 3.24. The van der Waals surface area contributed by atoms with E-state index < -0.39 is 17.9 Å². The fourth-order valence-electron chi connectivity index (χ4n) is 2.17. The minimum atomic E-state index is -4.50. The molecule has 110 valence electrons. The SMILES string of the molecule is N=C(N)C(CN1CCOc2ccccc2C1)C(F)(F)F. The van der Waals surface area contributed by atoms with Gasteiger partial charge in [-0.1, -0.05) is 18.2 Å². The second-order valence-corrected chi connectivity index (χ2v) is 4.74. The van der Waals surface area contributed by atoms with Gasteiger partial charge < -0.3 is 10.5 Å². The minimum absolute atomic E-state index is 0.319. The molecule has 1 aromatic carbocycles. The van der Waals surface area contributed by atoms with Crippen LogP contribution in [0, 0.1) is 11.3 Å². The van der Waals surface area contributed by atoms with E-state index in [0.29, 0.717) is 25.4 Å². The summed E-state index contributed by atoms with van der Waals surface area (Å²) in [4.78, 5) is 1.62. The van der Waals surface area contributed by atoms with Crippen LogP contribution in [0.5, 0.6) is 5.75 Å². The van der Waals surface area contributed by atoms with E-state index in [-0.39, 0.29) is 6.54 Å². The number of nitrogens with zero attached hydrogens (tertiary/aromatic N) is 1. The van der Waals surface area contributed by atoms with Gasteiger partial charge in [0, 0.05) is 25.2 Å². The first kappa shape index (κ1) is 14.6. The molecule has 0 radical (unpaired) electrons. The Labute approximate surface area is 114 Å². The number of hydrogen-bond donors (Lipinski definition) is 2. The first-order chi connectivity index (χ1) is 9.38. The van der Waals surface area contributed by atoms with E-state index in [1.54, 1.807) is 11.0 Å². The highest BCUT2D eigenvalue weighted by molar-refractivity contribution is 5.80. The van der Waals surface area contributed by atoms with Gasteiger partial charge in [-0.15, -0.1) is 0 Å².